The molecule has 3 heterocycles. The zero-order valence-corrected chi connectivity index (χ0v) is 23.4. The number of nitrogens with zero attached hydrogens (tertiary/aromatic N) is 4. The third kappa shape index (κ3) is 6.70. The standard InChI is InChI=1S/C30H25ClF6N4O2/c1-17-13-19(5-7-21(17)18-9-11-40(12-10-18)16-29(32,33)34)22-8-6-20(31)14-23(22)25-3-2-4-26(39-25)41-27(30(35,36)37)24(15-38-41)28(42)43/h2-9,13-15,17,21H,10-12,16H2,1H3,(H,42,43). The van der Waals surface area contributed by atoms with Gasteiger partial charge in [-0.3, -0.25) is 4.90 Å². The zero-order chi connectivity index (χ0) is 31.1. The number of carboxylic acids is 1. The maximum Gasteiger partial charge on any atom is 0.434 e. The first kappa shape index (κ1) is 30.6. The van der Waals surface area contributed by atoms with Gasteiger partial charge in [-0.05, 0) is 47.7 Å². The number of halogens is 7. The summed E-state index contributed by atoms with van der Waals surface area (Å²) in [5.41, 5.74) is 0.989. The number of rotatable bonds is 6. The Bertz CT molecular complexity index is 1640. The van der Waals surface area contributed by atoms with Gasteiger partial charge in [0, 0.05) is 29.6 Å². The average molecular weight is 623 g/mol. The summed E-state index contributed by atoms with van der Waals surface area (Å²) in [5.74, 6) is -1.97. The average Bonchev–Trinajstić information content (AvgIpc) is 3.40. The van der Waals surface area contributed by atoms with Crippen molar-refractivity contribution < 1.29 is 36.2 Å². The van der Waals surface area contributed by atoms with Crippen molar-refractivity contribution >= 4 is 23.1 Å². The van der Waals surface area contributed by atoms with Crippen LogP contribution in [0, 0.1) is 11.8 Å². The fraction of sp³-hybridized carbons (Fsp3) is 0.300. The summed E-state index contributed by atoms with van der Waals surface area (Å²) in [6.07, 6.45) is -0.252. The molecule has 0 radical (unpaired) electrons. The van der Waals surface area contributed by atoms with Crippen molar-refractivity contribution in [3.05, 3.63) is 94.3 Å². The van der Waals surface area contributed by atoms with Crippen LogP contribution in [0.5, 0.6) is 0 Å². The first-order valence-electron chi connectivity index (χ1n) is 13.3. The minimum atomic E-state index is -5.00. The fourth-order valence-electron chi connectivity index (χ4n) is 5.52. The van der Waals surface area contributed by atoms with Gasteiger partial charge in [-0.25, -0.2) is 14.5 Å². The van der Waals surface area contributed by atoms with E-state index in [0.717, 1.165) is 11.1 Å². The van der Waals surface area contributed by atoms with Gasteiger partial charge in [0.15, 0.2) is 11.5 Å². The number of aromatic carboxylic acids is 1. The molecule has 43 heavy (non-hydrogen) atoms. The third-order valence-electron chi connectivity index (χ3n) is 7.44. The van der Waals surface area contributed by atoms with E-state index in [1.165, 1.54) is 17.0 Å². The normalized spacial score (nSPS) is 19.7. The molecule has 0 fully saturated rings. The molecule has 3 aromatic rings. The van der Waals surface area contributed by atoms with Gasteiger partial charge in [-0.1, -0.05) is 60.5 Å². The van der Waals surface area contributed by atoms with Gasteiger partial charge < -0.3 is 5.11 Å². The minimum absolute atomic E-state index is 0.0103. The van der Waals surface area contributed by atoms with Gasteiger partial charge in [-0.15, -0.1) is 0 Å². The van der Waals surface area contributed by atoms with Crippen LogP contribution >= 0.6 is 11.6 Å². The molecule has 0 saturated carbocycles. The predicted molar refractivity (Wildman–Crippen MR) is 149 cm³/mol. The molecule has 1 aromatic carbocycles. The van der Waals surface area contributed by atoms with Crippen molar-refractivity contribution in [2.24, 2.45) is 11.8 Å². The van der Waals surface area contributed by atoms with E-state index in [1.807, 2.05) is 31.2 Å². The molecule has 13 heteroatoms. The van der Waals surface area contributed by atoms with E-state index in [0.29, 0.717) is 45.7 Å². The molecule has 2 aliphatic rings. The maximum absolute atomic E-state index is 13.8. The smallest absolute Gasteiger partial charge is 0.434 e. The molecule has 5 rings (SSSR count). The Labute approximate surface area is 247 Å². The van der Waals surface area contributed by atoms with Crippen molar-refractivity contribution in [2.45, 2.75) is 25.7 Å². The van der Waals surface area contributed by atoms with Crippen LogP contribution in [0.15, 0.2) is 72.5 Å². The number of hydrogen-bond acceptors (Lipinski definition) is 4. The SMILES string of the molecule is CC1C=C(c2ccc(Cl)cc2-c2cccc(-n3ncc(C(=O)O)c3C(F)(F)F)n2)C=CC1C1=CCN(CC(F)(F)F)CC1. The van der Waals surface area contributed by atoms with Crippen molar-refractivity contribution in [3.63, 3.8) is 0 Å². The number of pyridine rings is 1. The summed E-state index contributed by atoms with van der Waals surface area (Å²) in [6, 6.07) is 9.49. The summed E-state index contributed by atoms with van der Waals surface area (Å²) >= 11 is 6.31. The Kier molecular flexibility index (Phi) is 8.28. The molecule has 0 spiro atoms. The van der Waals surface area contributed by atoms with Gasteiger partial charge >= 0.3 is 18.3 Å². The lowest BCUT2D eigenvalue weighted by Gasteiger charge is -2.32. The van der Waals surface area contributed by atoms with E-state index >= 15 is 0 Å². The van der Waals surface area contributed by atoms with Crippen LogP contribution < -0.4 is 0 Å². The molecule has 226 valence electrons. The molecule has 0 saturated heterocycles. The lowest BCUT2D eigenvalue weighted by molar-refractivity contribution is -0.145. The molecule has 1 aliphatic heterocycles. The second-order valence-electron chi connectivity index (χ2n) is 10.4. The van der Waals surface area contributed by atoms with E-state index in [9.17, 15) is 36.2 Å². The van der Waals surface area contributed by atoms with Crippen LogP contribution in [0.4, 0.5) is 26.3 Å². The van der Waals surface area contributed by atoms with Crippen molar-refractivity contribution in [1.29, 1.82) is 0 Å². The highest BCUT2D eigenvalue weighted by molar-refractivity contribution is 6.31. The predicted octanol–water partition coefficient (Wildman–Crippen LogP) is 7.70. The highest BCUT2D eigenvalue weighted by Gasteiger charge is 2.41. The monoisotopic (exact) mass is 622 g/mol. The zero-order valence-electron chi connectivity index (χ0n) is 22.6. The van der Waals surface area contributed by atoms with Crippen molar-refractivity contribution in [1.82, 2.24) is 19.7 Å². The second-order valence-corrected chi connectivity index (χ2v) is 10.9. The highest BCUT2D eigenvalue weighted by atomic mass is 35.5. The summed E-state index contributed by atoms with van der Waals surface area (Å²) < 4.78 is 80.3. The van der Waals surface area contributed by atoms with E-state index in [1.54, 1.807) is 24.3 Å². The molecule has 2 aromatic heterocycles. The van der Waals surface area contributed by atoms with Gasteiger partial charge in [0.2, 0.25) is 0 Å². The number of aromatic nitrogens is 3. The molecule has 1 N–H and O–H groups in total. The Morgan fingerprint density at radius 3 is 2.51 bits per heavy atom. The molecule has 0 bridgehead atoms. The highest BCUT2D eigenvalue weighted by Crippen LogP contribution is 2.39. The van der Waals surface area contributed by atoms with Crippen LogP contribution in [0.3, 0.4) is 0 Å². The Balaban J connectivity index is 1.45. The lowest BCUT2D eigenvalue weighted by atomic mass is 9.78. The number of alkyl halides is 6. The van der Waals surface area contributed by atoms with Crippen LogP contribution in [-0.2, 0) is 6.18 Å². The number of benzene rings is 1. The van der Waals surface area contributed by atoms with E-state index in [2.05, 4.69) is 10.1 Å². The number of allylic oxidation sites excluding steroid dienone is 4. The maximum atomic E-state index is 13.8. The molecule has 1 aliphatic carbocycles. The van der Waals surface area contributed by atoms with Crippen LogP contribution in [0.1, 0.15) is 35.0 Å². The van der Waals surface area contributed by atoms with Crippen LogP contribution in [0.25, 0.3) is 22.6 Å². The van der Waals surface area contributed by atoms with Gasteiger partial charge in [-0.2, -0.15) is 31.4 Å². The van der Waals surface area contributed by atoms with E-state index < -0.39 is 36.1 Å². The van der Waals surface area contributed by atoms with E-state index in [4.69, 9.17) is 11.6 Å². The van der Waals surface area contributed by atoms with E-state index in [-0.39, 0.29) is 24.2 Å². The molecule has 6 nitrogen and oxygen atoms in total. The van der Waals surface area contributed by atoms with Gasteiger partial charge in [0.05, 0.1) is 18.4 Å². The molecular formula is C30H25ClF6N4O2. The summed E-state index contributed by atoms with van der Waals surface area (Å²) in [4.78, 5) is 17.2. The topological polar surface area (TPSA) is 71.2 Å². The first-order chi connectivity index (χ1) is 20.2. The Hall–Kier alpha value is -3.90. The third-order valence-corrected chi connectivity index (χ3v) is 7.67. The fourth-order valence-corrected chi connectivity index (χ4v) is 5.69. The Morgan fingerprint density at radius 1 is 1.12 bits per heavy atom. The molecule has 2 atom stereocenters. The quantitative estimate of drug-likeness (QED) is 0.225. The summed E-state index contributed by atoms with van der Waals surface area (Å²) in [7, 11) is 0. The summed E-state index contributed by atoms with van der Waals surface area (Å²) in [6.45, 7) is 1.63. The van der Waals surface area contributed by atoms with Crippen LogP contribution in [-0.4, -0.2) is 56.6 Å². The number of hydrogen-bond donors (Lipinski definition) is 1. The Morgan fingerprint density at radius 2 is 1.88 bits per heavy atom. The largest absolute Gasteiger partial charge is 0.478 e. The van der Waals surface area contributed by atoms with Gasteiger partial charge in [0.25, 0.3) is 0 Å². The summed E-state index contributed by atoms with van der Waals surface area (Å²) in [5, 5.41) is 13.3. The lowest BCUT2D eigenvalue weighted by Crippen LogP contribution is -2.38. The number of carbonyl (C=O) groups is 1. The number of carboxylic acid groups (broad SMARTS) is 1. The van der Waals surface area contributed by atoms with Crippen molar-refractivity contribution in [3.8, 4) is 17.1 Å². The minimum Gasteiger partial charge on any atom is -0.478 e. The van der Waals surface area contributed by atoms with Gasteiger partial charge in [0.1, 0.15) is 5.56 Å². The molecule has 2 unspecified atom stereocenters. The second kappa shape index (κ2) is 11.6. The van der Waals surface area contributed by atoms with Crippen molar-refractivity contribution in [2.75, 3.05) is 19.6 Å². The molecule has 0 amide bonds. The first-order valence-corrected chi connectivity index (χ1v) is 13.6. The molecular weight excluding hydrogens is 598 g/mol. The van der Waals surface area contributed by atoms with Crippen LogP contribution in [0.2, 0.25) is 5.02 Å².